The Hall–Kier alpha value is -1.61. The molecule has 0 bridgehead atoms. The third-order valence-corrected chi connectivity index (χ3v) is 3.06. The molecule has 2 rings (SSSR count). The fourth-order valence-corrected chi connectivity index (χ4v) is 2.12. The van der Waals surface area contributed by atoms with Gasteiger partial charge in [-0.3, -0.25) is 0 Å². The zero-order chi connectivity index (χ0) is 12.4. The second-order valence-electron chi connectivity index (χ2n) is 4.55. The first-order valence-electron chi connectivity index (χ1n) is 5.84. The number of nitrogens with one attached hydrogen (secondary N) is 1. The summed E-state index contributed by atoms with van der Waals surface area (Å²) in [6.07, 6.45) is 3.90. The van der Waals surface area contributed by atoms with Gasteiger partial charge in [0, 0.05) is 13.2 Å². The van der Waals surface area contributed by atoms with Crippen LogP contribution in [-0.2, 0) is 7.05 Å². The predicted octanol–water partition coefficient (Wildman–Crippen LogP) is 2.35. The lowest BCUT2D eigenvalue weighted by Gasteiger charge is -2.17. The molecule has 2 aromatic rings. The van der Waals surface area contributed by atoms with Gasteiger partial charge in [0.25, 0.3) is 0 Å². The van der Waals surface area contributed by atoms with Gasteiger partial charge in [-0.1, -0.05) is 23.8 Å². The topological polar surface area (TPSA) is 29.9 Å². The fraction of sp³-hybridized carbons (Fsp3) is 0.357. The monoisotopic (exact) mass is 229 g/mol. The highest BCUT2D eigenvalue weighted by molar-refractivity contribution is 5.36. The van der Waals surface area contributed by atoms with E-state index in [1.165, 1.54) is 16.7 Å². The van der Waals surface area contributed by atoms with Crippen LogP contribution in [0.15, 0.2) is 30.7 Å². The second kappa shape index (κ2) is 4.72. The number of imidazole rings is 1. The van der Waals surface area contributed by atoms with Gasteiger partial charge in [-0.25, -0.2) is 4.98 Å². The molecule has 1 unspecified atom stereocenters. The third kappa shape index (κ3) is 2.39. The van der Waals surface area contributed by atoms with Gasteiger partial charge in [0.2, 0.25) is 0 Å². The molecular weight excluding hydrogens is 210 g/mol. The summed E-state index contributed by atoms with van der Waals surface area (Å²) in [5.74, 6) is 0. The van der Waals surface area contributed by atoms with Gasteiger partial charge in [0.15, 0.2) is 0 Å². The van der Waals surface area contributed by atoms with Crippen molar-refractivity contribution in [2.24, 2.45) is 7.05 Å². The number of hydrogen-bond acceptors (Lipinski definition) is 2. The second-order valence-corrected chi connectivity index (χ2v) is 4.55. The highest BCUT2D eigenvalue weighted by atomic mass is 15.0. The van der Waals surface area contributed by atoms with E-state index < -0.39 is 0 Å². The summed E-state index contributed by atoms with van der Waals surface area (Å²) in [6.45, 7) is 4.26. The Kier molecular flexibility index (Phi) is 3.29. The Morgan fingerprint density at radius 2 is 2.06 bits per heavy atom. The van der Waals surface area contributed by atoms with E-state index in [0.717, 1.165) is 5.69 Å². The SMILES string of the molecule is CNC(c1cn(C)cn1)c1cc(C)ccc1C. The molecule has 17 heavy (non-hydrogen) atoms. The standard InChI is InChI=1S/C14H19N3/c1-10-5-6-11(2)12(7-10)14(15-3)13-8-17(4)9-16-13/h5-9,14-15H,1-4H3. The maximum Gasteiger partial charge on any atom is 0.0947 e. The van der Waals surface area contributed by atoms with Crippen LogP contribution in [0.25, 0.3) is 0 Å². The van der Waals surface area contributed by atoms with Gasteiger partial charge in [-0.15, -0.1) is 0 Å². The molecule has 0 spiro atoms. The number of aryl methyl sites for hydroxylation is 3. The number of aromatic nitrogens is 2. The summed E-state index contributed by atoms with van der Waals surface area (Å²) in [7, 11) is 3.97. The van der Waals surface area contributed by atoms with E-state index in [4.69, 9.17) is 0 Å². The van der Waals surface area contributed by atoms with Crippen LogP contribution in [0, 0.1) is 13.8 Å². The lowest BCUT2D eigenvalue weighted by Crippen LogP contribution is -2.19. The number of nitrogens with zero attached hydrogens (tertiary/aromatic N) is 2. The zero-order valence-corrected chi connectivity index (χ0v) is 10.9. The molecule has 0 fully saturated rings. The minimum atomic E-state index is 0.163. The fourth-order valence-electron chi connectivity index (χ4n) is 2.12. The summed E-state index contributed by atoms with van der Waals surface area (Å²) < 4.78 is 1.98. The van der Waals surface area contributed by atoms with Gasteiger partial charge < -0.3 is 9.88 Å². The Morgan fingerprint density at radius 1 is 1.29 bits per heavy atom. The van der Waals surface area contributed by atoms with E-state index in [0.29, 0.717) is 0 Å². The summed E-state index contributed by atoms with van der Waals surface area (Å²) in [6, 6.07) is 6.70. The molecule has 1 atom stereocenters. The summed E-state index contributed by atoms with van der Waals surface area (Å²) in [5.41, 5.74) is 4.93. The maximum atomic E-state index is 4.43. The molecule has 0 radical (unpaired) electrons. The summed E-state index contributed by atoms with van der Waals surface area (Å²) in [5, 5.41) is 3.34. The van der Waals surface area contributed by atoms with Crippen LogP contribution in [0.4, 0.5) is 0 Å². The molecule has 3 heteroatoms. The van der Waals surface area contributed by atoms with E-state index in [-0.39, 0.29) is 6.04 Å². The lowest BCUT2D eigenvalue weighted by atomic mass is 9.97. The van der Waals surface area contributed by atoms with Crippen molar-refractivity contribution in [1.82, 2.24) is 14.9 Å². The van der Waals surface area contributed by atoms with Crippen LogP contribution in [0.5, 0.6) is 0 Å². The third-order valence-electron chi connectivity index (χ3n) is 3.06. The van der Waals surface area contributed by atoms with Crippen LogP contribution in [0.2, 0.25) is 0 Å². The average Bonchev–Trinajstić information content (AvgIpc) is 2.71. The quantitative estimate of drug-likeness (QED) is 0.875. The van der Waals surface area contributed by atoms with Crippen LogP contribution in [0.1, 0.15) is 28.4 Å². The molecule has 1 aromatic heterocycles. The Morgan fingerprint density at radius 3 is 2.65 bits per heavy atom. The van der Waals surface area contributed by atoms with Crippen molar-refractivity contribution in [2.45, 2.75) is 19.9 Å². The molecule has 1 heterocycles. The first-order chi connectivity index (χ1) is 8.11. The van der Waals surface area contributed by atoms with E-state index >= 15 is 0 Å². The molecule has 3 nitrogen and oxygen atoms in total. The van der Waals surface area contributed by atoms with Crippen LogP contribution >= 0.6 is 0 Å². The van der Waals surface area contributed by atoms with Gasteiger partial charge >= 0.3 is 0 Å². The molecule has 1 aromatic carbocycles. The van der Waals surface area contributed by atoms with Crippen molar-refractivity contribution in [3.8, 4) is 0 Å². The highest BCUT2D eigenvalue weighted by Crippen LogP contribution is 2.24. The predicted molar refractivity (Wildman–Crippen MR) is 70.0 cm³/mol. The number of rotatable bonds is 3. The van der Waals surface area contributed by atoms with Gasteiger partial charge in [0.1, 0.15) is 0 Å². The van der Waals surface area contributed by atoms with Crippen molar-refractivity contribution in [3.05, 3.63) is 53.1 Å². The first kappa shape index (κ1) is 11.9. The first-order valence-corrected chi connectivity index (χ1v) is 5.84. The lowest BCUT2D eigenvalue weighted by molar-refractivity contribution is 0.669. The summed E-state index contributed by atoms with van der Waals surface area (Å²) >= 11 is 0. The highest BCUT2D eigenvalue weighted by Gasteiger charge is 2.16. The molecule has 90 valence electrons. The van der Waals surface area contributed by atoms with Crippen molar-refractivity contribution in [3.63, 3.8) is 0 Å². The Balaban J connectivity index is 2.45. The minimum absolute atomic E-state index is 0.163. The molecular formula is C14H19N3. The molecule has 0 aliphatic rings. The molecule has 0 aliphatic heterocycles. The van der Waals surface area contributed by atoms with Gasteiger partial charge in [0.05, 0.1) is 18.1 Å². The van der Waals surface area contributed by atoms with Crippen molar-refractivity contribution in [1.29, 1.82) is 0 Å². The number of benzene rings is 1. The maximum absolute atomic E-state index is 4.43. The van der Waals surface area contributed by atoms with Crippen LogP contribution in [-0.4, -0.2) is 16.6 Å². The largest absolute Gasteiger partial charge is 0.340 e. The average molecular weight is 229 g/mol. The number of hydrogen-bond donors (Lipinski definition) is 1. The van der Waals surface area contributed by atoms with Crippen LogP contribution < -0.4 is 5.32 Å². The molecule has 0 saturated heterocycles. The van der Waals surface area contributed by atoms with Crippen molar-refractivity contribution < 1.29 is 0 Å². The van der Waals surface area contributed by atoms with E-state index in [9.17, 15) is 0 Å². The smallest absolute Gasteiger partial charge is 0.0947 e. The van der Waals surface area contributed by atoms with Crippen molar-refractivity contribution >= 4 is 0 Å². The molecule has 0 aliphatic carbocycles. The van der Waals surface area contributed by atoms with Crippen LogP contribution in [0.3, 0.4) is 0 Å². The summed E-state index contributed by atoms with van der Waals surface area (Å²) in [4.78, 5) is 4.43. The Bertz CT molecular complexity index is 514. The normalized spacial score (nSPS) is 12.7. The van der Waals surface area contributed by atoms with Gasteiger partial charge in [-0.05, 0) is 32.0 Å². The molecule has 0 saturated carbocycles. The van der Waals surface area contributed by atoms with E-state index in [1.807, 2.05) is 25.0 Å². The van der Waals surface area contributed by atoms with E-state index in [1.54, 1.807) is 0 Å². The zero-order valence-electron chi connectivity index (χ0n) is 10.9. The van der Waals surface area contributed by atoms with Crippen molar-refractivity contribution in [2.75, 3.05) is 7.05 Å². The van der Waals surface area contributed by atoms with Gasteiger partial charge in [-0.2, -0.15) is 0 Å². The molecule has 0 amide bonds. The molecule has 1 N–H and O–H groups in total. The van der Waals surface area contributed by atoms with E-state index in [2.05, 4.69) is 48.5 Å². The minimum Gasteiger partial charge on any atom is -0.340 e. The Labute approximate surface area is 103 Å².